The summed E-state index contributed by atoms with van der Waals surface area (Å²) in [5.41, 5.74) is 1.45. The second kappa shape index (κ2) is 8.82. The monoisotopic (exact) mass is 375 g/mol. The van der Waals surface area contributed by atoms with Gasteiger partial charge in [-0.15, -0.1) is 0 Å². The van der Waals surface area contributed by atoms with Crippen LogP contribution in [0.1, 0.15) is 22.3 Å². The molecule has 2 aromatic rings. The van der Waals surface area contributed by atoms with Crippen LogP contribution in [0.2, 0.25) is 0 Å². The van der Waals surface area contributed by atoms with Crippen molar-refractivity contribution in [3.8, 4) is 0 Å². The molecule has 0 fully saturated rings. The number of nitrogens with one attached hydrogen (secondary N) is 2. The Labute approximate surface area is 155 Å². The number of carbonyl (C=O) groups excluding carboxylic acids is 1. The largest absolute Gasteiger partial charge is 0.352 e. The third-order valence-electron chi connectivity index (χ3n) is 3.94. The summed E-state index contributed by atoms with van der Waals surface area (Å²) in [4.78, 5) is 14.6. The molecule has 0 aliphatic carbocycles. The van der Waals surface area contributed by atoms with Gasteiger partial charge in [-0.05, 0) is 63.8 Å². The Morgan fingerprint density at radius 1 is 1.04 bits per heavy atom. The van der Waals surface area contributed by atoms with Crippen molar-refractivity contribution < 1.29 is 13.2 Å². The van der Waals surface area contributed by atoms with Gasteiger partial charge in [-0.25, -0.2) is 8.42 Å². The highest BCUT2D eigenvalue weighted by Crippen LogP contribution is 2.22. The molecule has 0 saturated heterocycles. The number of amides is 1. The van der Waals surface area contributed by atoms with Crippen molar-refractivity contribution in [2.24, 2.45) is 0 Å². The third-order valence-corrected chi connectivity index (χ3v) is 5.33. The lowest BCUT2D eigenvalue weighted by atomic mass is 10.1. The first-order chi connectivity index (χ1) is 12.3. The molecular formula is C19H25N3O3S. The quantitative estimate of drug-likeness (QED) is 0.695. The van der Waals surface area contributed by atoms with E-state index in [9.17, 15) is 13.2 Å². The van der Waals surface area contributed by atoms with Crippen LogP contribution in [-0.4, -0.2) is 46.4 Å². The molecule has 0 spiro atoms. The Balaban J connectivity index is 2.12. The number of carbonyl (C=O) groups is 1. The van der Waals surface area contributed by atoms with E-state index in [0.717, 1.165) is 13.0 Å². The topological polar surface area (TPSA) is 78.5 Å². The van der Waals surface area contributed by atoms with Crippen LogP contribution in [0.3, 0.4) is 0 Å². The molecule has 0 atom stereocenters. The fourth-order valence-corrected chi connectivity index (χ4v) is 3.63. The van der Waals surface area contributed by atoms with E-state index in [1.54, 1.807) is 43.3 Å². The Bertz CT molecular complexity index is 850. The van der Waals surface area contributed by atoms with Crippen molar-refractivity contribution in [2.75, 3.05) is 31.9 Å². The summed E-state index contributed by atoms with van der Waals surface area (Å²) in [5.74, 6) is -0.206. The van der Waals surface area contributed by atoms with Crippen LogP contribution in [0, 0.1) is 6.92 Å². The van der Waals surface area contributed by atoms with Crippen molar-refractivity contribution in [1.29, 1.82) is 0 Å². The van der Waals surface area contributed by atoms with Gasteiger partial charge in [0.1, 0.15) is 0 Å². The van der Waals surface area contributed by atoms with Gasteiger partial charge in [0.15, 0.2) is 0 Å². The maximum absolute atomic E-state index is 12.5. The number of hydrogen-bond donors (Lipinski definition) is 2. The molecule has 0 aliphatic rings. The van der Waals surface area contributed by atoms with Gasteiger partial charge in [0.2, 0.25) is 0 Å². The Morgan fingerprint density at radius 3 is 2.38 bits per heavy atom. The summed E-state index contributed by atoms with van der Waals surface area (Å²) in [6.45, 7) is 3.18. The summed E-state index contributed by atoms with van der Waals surface area (Å²) >= 11 is 0. The lowest BCUT2D eigenvalue weighted by Gasteiger charge is -2.14. The average Bonchev–Trinajstić information content (AvgIpc) is 2.61. The third kappa shape index (κ3) is 5.31. The van der Waals surface area contributed by atoms with E-state index in [-0.39, 0.29) is 10.8 Å². The normalized spacial score (nSPS) is 11.4. The van der Waals surface area contributed by atoms with Crippen molar-refractivity contribution in [3.63, 3.8) is 0 Å². The minimum Gasteiger partial charge on any atom is -0.352 e. The molecular weight excluding hydrogens is 350 g/mol. The molecule has 140 valence electrons. The van der Waals surface area contributed by atoms with Crippen LogP contribution >= 0.6 is 0 Å². The lowest BCUT2D eigenvalue weighted by molar-refractivity contribution is 0.0951. The highest BCUT2D eigenvalue weighted by molar-refractivity contribution is 7.92. The number of benzene rings is 2. The van der Waals surface area contributed by atoms with Gasteiger partial charge in [0.25, 0.3) is 15.9 Å². The number of sulfonamides is 1. The van der Waals surface area contributed by atoms with E-state index in [2.05, 4.69) is 14.9 Å². The van der Waals surface area contributed by atoms with Crippen LogP contribution in [0.5, 0.6) is 0 Å². The zero-order valence-electron chi connectivity index (χ0n) is 15.3. The molecule has 6 nitrogen and oxygen atoms in total. The first-order valence-electron chi connectivity index (χ1n) is 8.41. The minimum absolute atomic E-state index is 0.179. The molecule has 0 aliphatic heterocycles. The van der Waals surface area contributed by atoms with Gasteiger partial charge in [-0.2, -0.15) is 0 Å². The summed E-state index contributed by atoms with van der Waals surface area (Å²) < 4.78 is 27.6. The molecule has 0 bridgehead atoms. The maximum atomic E-state index is 12.5. The predicted octanol–water partition coefficient (Wildman–Crippen LogP) is 2.48. The highest BCUT2D eigenvalue weighted by Gasteiger charge is 2.17. The second-order valence-corrected chi connectivity index (χ2v) is 7.99. The SMILES string of the molecule is Cc1c(NS(=O)(=O)c2ccccc2)cccc1C(=O)NCCCN(C)C. The van der Waals surface area contributed by atoms with Crippen molar-refractivity contribution in [1.82, 2.24) is 10.2 Å². The van der Waals surface area contributed by atoms with Crippen LogP contribution < -0.4 is 10.0 Å². The summed E-state index contributed by atoms with van der Waals surface area (Å²) in [6.07, 6.45) is 0.845. The van der Waals surface area contributed by atoms with Crippen molar-refractivity contribution in [3.05, 3.63) is 59.7 Å². The molecule has 0 radical (unpaired) electrons. The van der Waals surface area contributed by atoms with Crippen LogP contribution in [0.4, 0.5) is 5.69 Å². The van der Waals surface area contributed by atoms with Gasteiger partial charge in [-0.3, -0.25) is 9.52 Å². The van der Waals surface area contributed by atoms with Crippen LogP contribution in [-0.2, 0) is 10.0 Å². The van der Waals surface area contributed by atoms with E-state index in [1.807, 2.05) is 14.1 Å². The van der Waals surface area contributed by atoms with Crippen molar-refractivity contribution >= 4 is 21.6 Å². The van der Waals surface area contributed by atoms with E-state index in [1.165, 1.54) is 12.1 Å². The molecule has 7 heteroatoms. The molecule has 2 rings (SSSR count). The lowest BCUT2D eigenvalue weighted by Crippen LogP contribution is -2.28. The van der Waals surface area contributed by atoms with E-state index >= 15 is 0 Å². The zero-order valence-corrected chi connectivity index (χ0v) is 16.1. The van der Waals surface area contributed by atoms with Gasteiger partial charge >= 0.3 is 0 Å². The Hall–Kier alpha value is -2.38. The second-order valence-electron chi connectivity index (χ2n) is 6.31. The van der Waals surface area contributed by atoms with Crippen molar-refractivity contribution in [2.45, 2.75) is 18.2 Å². The molecule has 2 aromatic carbocycles. The predicted molar refractivity (Wildman–Crippen MR) is 104 cm³/mol. The zero-order chi connectivity index (χ0) is 19.2. The van der Waals surface area contributed by atoms with E-state index in [4.69, 9.17) is 0 Å². The van der Waals surface area contributed by atoms with Gasteiger partial charge < -0.3 is 10.2 Å². The van der Waals surface area contributed by atoms with E-state index < -0.39 is 10.0 Å². The number of rotatable bonds is 8. The summed E-state index contributed by atoms with van der Waals surface area (Å²) in [5, 5.41) is 2.87. The van der Waals surface area contributed by atoms with Crippen LogP contribution in [0.15, 0.2) is 53.4 Å². The fourth-order valence-electron chi connectivity index (χ4n) is 2.49. The van der Waals surface area contributed by atoms with Gasteiger partial charge in [-0.1, -0.05) is 24.3 Å². The number of hydrogen-bond acceptors (Lipinski definition) is 4. The smallest absolute Gasteiger partial charge is 0.261 e. The molecule has 0 heterocycles. The molecule has 2 N–H and O–H groups in total. The first-order valence-corrected chi connectivity index (χ1v) is 9.90. The van der Waals surface area contributed by atoms with Crippen LogP contribution in [0.25, 0.3) is 0 Å². The highest BCUT2D eigenvalue weighted by atomic mass is 32.2. The fraction of sp³-hybridized carbons (Fsp3) is 0.316. The minimum atomic E-state index is -3.70. The molecule has 1 amide bonds. The van der Waals surface area contributed by atoms with E-state index in [0.29, 0.717) is 23.4 Å². The molecule has 26 heavy (non-hydrogen) atoms. The summed E-state index contributed by atoms with van der Waals surface area (Å²) in [7, 11) is 0.265. The number of nitrogens with zero attached hydrogens (tertiary/aromatic N) is 1. The van der Waals surface area contributed by atoms with Gasteiger partial charge in [0.05, 0.1) is 10.6 Å². The average molecular weight is 375 g/mol. The molecule has 0 aromatic heterocycles. The first kappa shape index (κ1) is 19.9. The Kier molecular flexibility index (Phi) is 6.76. The standard InChI is InChI=1S/C19H25N3O3S/c1-15-17(19(23)20-13-8-14-22(2)3)11-7-12-18(15)21-26(24,25)16-9-5-4-6-10-16/h4-7,9-12,21H,8,13-14H2,1-3H3,(H,20,23). The number of anilines is 1. The summed E-state index contributed by atoms with van der Waals surface area (Å²) in [6, 6.07) is 13.2. The molecule has 0 unspecified atom stereocenters. The maximum Gasteiger partial charge on any atom is 0.261 e. The molecule has 0 saturated carbocycles. The Morgan fingerprint density at radius 2 is 1.73 bits per heavy atom. The van der Waals surface area contributed by atoms with Gasteiger partial charge in [0, 0.05) is 12.1 Å².